The largest absolute Gasteiger partial charge is 0.371 e. The van der Waals surface area contributed by atoms with Gasteiger partial charge in [0.05, 0.1) is 6.54 Å². The molecule has 1 aromatic rings. The van der Waals surface area contributed by atoms with Crippen LogP contribution in [0.1, 0.15) is 44.9 Å². The first-order valence-corrected chi connectivity index (χ1v) is 11.5. The van der Waals surface area contributed by atoms with Crippen molar-refractivity contribution >= 4 is 17.5 Å². The Kier molecular flexibility index (Phi) is 5.19. The van der Waals surface area contributed by atoms with E-state index in [1.165, 1.54) is 31.4 Å². The van der Waals surface area contributed by atoms with Crippen molar-refractivity contribution in [3.8, 4) is 0 Å². The maximum Gasteiger partial charge on any atom is 0.239 e. The minimum atomic E-state index is -0.225. The molecular formula is C24H32FN3O2. The molecule has 1 saturated heterocycles. The molecule has 6 rings (SSSR count). The van der Waals surface area contributed by atoms with Crippen LogP contribution in [0.3, 0.4) is 0 Å². The van der Waals surface area contributed by atoms with E-state index in [0.29, 0.717) is 12.5 Å². The Balaban J connectivity index is 1.06. The predicted molar refractivity (Wildman–Crippen MR) is 113 cm³/mol. The van der Waals surface area contributed by atoms with Gasteiger partial charge >= 0.3 is 0 Å². The third-order valence-corrected chi connectivity index (χ3v) is 7.99. The highest BCUT2D eigenvalue weighted by Gasteiger charge is 2.54. The molecule has 4 saturated carbocycles. The van der Waals surface area contributed by atoms with Crippen molar-refractivity contribution in [2.24, 2.45) is 29.1 Å². The lowest BCUT2D eigenvalue weighted by molar-refractivity contribution is -0.147. The Labute approximate surface area is 177 Å². The number of rotatable bonds is 6. The molecule has 5 aliphatic rings. The van der Waals surface area contributed by atoms with Crippen molar-refractivity contribution in [3.05, 3.63) is 30.1 Å². The summed E-state index contributed by atoms with van der Waals surface area (Å²) in [5.41, 5.74) is 0.823. The van der Waals surface area contributed by atoms with E-state index in [1.807, 2.05) is 0 Å². The molecule has 1 aliphatic heterocycles. The lowest BCUT2D eigenvalue weighted by Gasteiger charge is -2.55. The summed E-state index contributed by atoms with van der Waals surface area (Å²) < 4.78 is 13.1. The molecule has 0 radical (unpaired) electrons. The highest BCUT2D eigenvalue weighted by molar-refractivity contribution is 5.88. The van der Waals surface area contributed by atoms with Crippen molar-refractivity contribution < 1.29 is 14.0 Å². The second kappa shape index (κ2) is 7.86. The molecule has 2 amide bonds. The van der Waals surface area contributed by atoms with Gasteiger partial charge in [-0.1, -0.05) is 0 Å². The zero-order chi connectivity index (χ0) is 20.7. The number of amides is 2. The molecule has 1 unspecified atom stereocenters. The molecule has 4 aliphatic carbocycles. The van der Waals surface area contributed by atoms with Crippen LogP contribution in [0.5, 0.6) is 0 Å². The van der Waals surface area contributed by atoms with Crippen LogP contribution in [0.15, 0.2) is 24.3 Å². The fraction of sp³-hybridized carbons (Fsp3) is 0.667. The van der Waals surface area contributed by atoms with Gasteiger partial charge in [-0.25, -0.2) is 4.39 Å². The van der Waals surface area contributed by atoms with Crippen LogP contribution in [0.4, 0.5) is 10.1 Å². The Bertz CT molecular complexity index is 774. The van der Waals surface area contributed by atoms with E-state index in [1.54, 1.807) is 12.1 Å². The Hall–Kier alpha value is -2.11. The zero-order valence-corrected chi connectivity index (χ0v) is 17.5. The molecule has 5 nitrogen and oxygen atoms in total. The molecule has 4 bridgehead atoms. The van der Waals surface area contributed by atoms with E-state index < -0.39 is 0 Å². The van der Waals surface area contributed by atoms with Crippen LogP contribution in [0, 0.1) is 34.9 Å². The predicted octanol–water partition coefficient (Wildman–Crippen LogP) is 3.10. The average Bonchev–Trinajstić information content (AvgIpc) is 3.19. The van der Waals surface area contributed by atoms with Crippen LogP contribution >= 0.6 is 0 Å². The average molecular weight is 414 g/mol. The second-order valence-electron chi connectivity index (χ2n) is 10.3. The lowest BCUT2D eigenvalue weighted by Crippen LogP contribution is -2.54. The summed E-state index contributed by atoms with van der Waals surface area (Å²) in [7, 11) is 0. The van der Waals surface area contributed by atoms with E-state index in [0.717, 1.165) is 62.2 Å². The molecule has 1 atom stereocenters. The summed E-state index contributed by atoms with van der Waals surface area (Å²) in [4.78, 5) is 27.5. The minimum absolute atomic E-state index is 0.0784. The maximum absolute atomic E-state index is 13.1. The van der Waals surface area contributed by atoms with E-state index in [4.69, 9.17) is 0 Å². The first-order valence-electron chi connectivity index (χ1n) is 11.5. The monoisotopic (exact) mass is 413 g/mol. The quantitative estimate of drug-likeness (QED) is 0.753. The molecule has 0 aromatic heterocycles. The number of nitrogens with one attached hydrogen (secondary N) is 2. The Morgan fingerprint density at radius 1 is 1.00 bits per heavy atom. The summed E-state index contributed by atoms with van der Waals surface area (Å²) in [5, 5.41) is 5.95. The van der Waals surface area contributed by atoms with E-state index in [9.17, 15) is 14.0 Å². The number of carbonyl (C=O) groups is 2. The van der Waals surface area contributed by atoms with Gasteiger partial charge in [0.25, 0.3) is 0 Å². The molecule has 1 aromatic carbocycles. The van der Waals surface area contributed by atoms with Gasteiger partial charge in [0.1, 0.15) is 5.82 Å². The van der Waals surface area contributed by atoms with Gasteiger partial charge in [-0.3, -0.25) is 9.59 Å². The number of hydrogen-bond donors (Lipinski definition) is 2. The molecular weight excluding hydrogens is 381 g/mol. The Morgan fingerprint density at radius 2 is 1.63 bits per heavy atom. The van der Waals surface area contributed by atoms with Gasteiger partial charge in [-0.2, -0.15) is 0 Å². The normalized spacial score (nSPS) is 34.2. The zero-order valence-electron chi connectivity index (χ0n) is 17.5. The van der Waals surface area contributed by atoms with Crippen molar-refractivity contribution in [2.75, 3.05) is 31.1 Å². The van der Waals surface area contributed by atoms with Crippen molar-refractivity contribution in [1.82, 2.24) is 10.6 Å². The van der Waals surface area contributed by atoms with Crippen LogP contribution in [0.25, 0.3) is 0 Å². The lowest BCUT2D eigenvalue weighted by atomic mass is 9.49. The third-order valence-electron chi connectivity index (χ3n) is 7.99. The highest BCUT2D eigenvalue weighted by Crippen LogP contribution is 2.60. The van der Waals surface area contributed by atoms with E-state index >= 15 is 0 Å². The van der Waals surface area contributed by atoms with Gasteiger partial charge in [-0.15, -0.1) is 0 Å². The van der Waals surface area contributed by atoms with Crippen molar-refractivity contribution in [1.29, 1.82) is 0 Å². The van der Waals surface area contributed by atoms with Crippen LogP contribution in [0.2, 0.25) is 0 Å². The number of nitrogens with zero attached hydrogens (tertiary/aromatic N) is 1. The standard InChI is InChI=1S/C24H32FN3O2/c25-20-1-3-21(4-2-20)28-6-5-16(15-28)13-26-22(29)14-27-23(30)24-10-17-7-18(11-24)9-19(8-17)12-24/h1-4,16-19H,5-15H2,(H,26,29)(H,27,30). The number of halogens is 1. The topological polar surface area (TPSA) is 61.4 Å². The SMILES string of the molecule is O=C(CNC(=O)C12CC3CC(CC(C3)C1)C2)NCC1CCN(c2ccc(F)cc2)C1. The summed E-state index contributed by atoms with van der Waals surface area (Å²) in [6, 6.07) is 6.57. The molecule has 162 valence electrons. The maximum atomic E-state index is 13.1. The second-order valence-corrected chi connectivity index (χ2v) is 10.3. The molecule has 30 heavy (non-hydrogen) atoms. The molecule has 1 heterocycles. The number of anilines is 1. The fourth-order valence-corrected chi connectivity index (χ4v) is 6.94. The summed E-state index contributed by atoms with van der Waals surface area (Å²) in [6.45, 7) is 2.46. The first kappa shape index (κ1) is 19.8. The third kappa shape index (κ3) is 3.93. The van der Waals surface area contributed by atoms with Gasteiger partial charge < -0.3 is 15.5 Å². The van der Waals surface area contributed by atoms with Crippen LogP contribution < -0.4 is 15.5 Å². The number of carbonyl (C=O) groups excluding carboxylic acids is 2. The minimum Gasteiger partial charge on any atom is -0.371 e. The summed E-state index contributed by atoms with van der Waals surface area (Å²) >= 11 is 0. The van der Waals surface area contributed by atoms with Gasteiger partial charge in [-0.05, 0) is 92.9 Å². The Morgan fingerprint density at radius 3 is 2.27 bits per heavy atom. The number of benzene rings is 1. The highest BCUT2D eigenvalue weighted by atomic mass is 19.1. The summed E-state index contributed by atoms with van der Waals surface area (Å²) in [6.07, 6.45) is 7.99. The smallest absolute Gasteiger partial charge is 0.239 e. The summed E-state index contributed by atoms with van der Waals surface area (Å²) in [5.74, 6) is 2.33. The first-order chi connectivity index (χ1) is 14.5. The van der Waals surface area contributed by atoms with E-state index in [-0.39, 0.29) is 29.6 Å². The van der Waals surface area contributed by atoms with Crippen molar-refractivity contribution in [2.45, 2.75) is 44.9 Å². The van der Waals surface area contributed by atoms with Gasteiger partial charge in [0.15, 0.2) is 0 Å². The van der Waals surface area contributed by atoms with Gasteiger partial charge in [0.2, 0.25) is 11.8 Å². The fourth-order valence-electron chi connectivity index (χ4n) is 6.94. The molecule has 5 fully saturated rings. The molecule has 2 N–H and O–H groups in total. The molecule has 0 spiro atoms. The van der Waals surface area contributed by atoms with Gasteiger partial charge in [0, 0.05) is 30.7 Å². The molecule has 6 heteroatoms. The van der Waals surface area contributed by atoms with E-state index in [2.05, 4.69) is 15.5 Å². The van der Waals surface area contributed by atoms with Crippen LogP contribution in [-0.4, -0.2) is 38.0 Å². The van der Waals surface area contributed by atoms with Crippen LogP contribution in [-0.2, 0) is 9.59 Å². The van der Waals surface area contributed by atoms with Crippen molar-refractivity contribution in [3.63, 3.8) is 0 Å². The number of hydrogen-bond acceptors (Lipinski definition) is 3.